The van der Waals surface area contributed by atoms with Gasteiger partial charge in [0.1, 0.15) is 0 Å². The van der Waals surface area contributed by atoms with Crippen molar-refractivity contribution < 1.29 is 19.2 Å². The molecular formula is C96H66N2O4. The molecule has 484 valence electrons. The Balaban J connectivity index is 0.628. The molecule has 0 bridgehead atoms. The van der Waals surface area contributed by atoms with Gasteiger partial charge in [0.05, 0.1) is 11.4 Å². The van der Waals surface area contributed by atoms with Crippen LogP contribution in [0, 0.1) is 0 Å². The second kappa shape index (κ2) is 20.3. The largest absolute Gasteiger partial charge is 0.268 e. The number of benzene rings is 16. The topological polar surface area (TPSA) is 74.8 Å². The molecule has 3 aliphatic carbocycles. The Morgan fingerprint density at radius 3 is 0.667 bits per heavy atom. The van der Waals surface area contributed by atoms with E-state index in [2.05, 4.69) is 238 Å². The van der Waals surface area contributed by atoms with Crippen molar-refractivity contribution in [1.82, 2.24) is 0 Å². The number of hydrogen-bond donors (Lipinski definition) is 0. The number of fused-ring (bicyclic) bond motifs is 14. The number of amides is 4. The predicted octanol–water partition coefficient (Wildman–Crippen LogP) is 25.4. The lowest BCUT2D eigenvalue weighted by Crippen LogP contribution is -2.41. The maximum atomic E-state index is 15.1. The molecule has 2 aliphatic heterocycles. The molecule has 4 amide bonds. The van der Waals surface area contributed by atoms with Gasteiger partial charge in [-0.25, -0.2) is 9.80 Å². The Morgan fingerprint density at radius 1 is 0.255 bits per heavy atom. The standard InChI is InChI=1S/C96H66N2O4/c1-11-49-33-75(45(3)4)91(76(34-49)46(5)6)97-93(99)71-29-25-63-59-17-21-67-79-41-55-37-51-13-15-53-39-57-43-81-69-23-19-61-65-27-31-73-90-74(96(102)98(95(73)101)92-77(47(7)8)35-50(12-2)36-78(92)48(9)10)32-28-66(86(65)90)62-20-24-70(88(69)84(61)62)82(81)44-58(57)40-54(53)16-14-52(51)38-56(55)42-80(79)68-22-18-60(83(59)87(67)68)64-26-30-72(94(97)100)89(71)85(63)64/h11-48H,1-2H2,3-10H3. The summed E-state index contributed by atoms with van der Waals surface area (Å²) in [4.78, 5) is 63.4. The average Bonchev–Trinajstić information content (AvgIpc) is 1.21. The number of anilines is 2. The molecule has 16 aromatic carbocycles. The average molecular weight is 1310 g/mol. The van der Waals surface area contributed by atoms with Crippen molar-refractivity contribution in [3.8, 4) is 44.5 Å². The summed E-state index contributed by atoms with van der Waals surface area (Å²) in [5.41, 5.74) is 23.7. The maximum Gasteiger partial charge on any atom is 0.266 e. The number of nitrogens with zero attached hydrogens (tertiary/aromatic N) is 2. The Morgan fingerprint density at radius 2 is 0.461 bits per heavy atom. The van der Waals surface area contributed by atoms with Crippen molar-refractivity contribution in [3.63, 3.8) is 0 Å². The van der Waals surface area contributed by atoms with E-state index in [1.165, 1.54) is 97.4 Å². The first-order chi connectivity index (χ1) is 49.5. The SMILES string of the molecule is C=Cc1cc(C(C)C)c(N2C(=O)c3ccc4c5ccc6c7c(ccc(c8ccc(c3c48)C2=O)c75)-c2cc3cc4c(cc3cc2-6)C=Cc2cc3cc5c(cc3cc2C=C4)-c2ccc3c4ccc6c7c(ccc(c8ccc-5c2c83)c74)C(=O)N(c2c(C(C)C)cc(C=C)cc2C(C)C)C6=O)c(C(C)C)c1. The second-order valence-corrected chi connectivity index (χ2v) is 30.4. The summed E-state index contributed by atoms with van der Waals surface area (Å²) < 4.78 is 0. The molecule has 0 N–H and O–H groups in total. The zero-order chi connectivity index (χ0) is 69.2. The van der Waals surface area contributed by atoms with Crippen molar-refractivity contribution in [2.45, 2.75) is 79.1 Å². The molecular weight excluding hydrogens is 1250 g/mol. The van der Waals surface area contributed by atoms with Gasteiger partial charge >= 0.3 is 0 Å². The van der Waals surface area contributed by atoms with Gasteiger partial charge in [-0.3, -0.25) is 19.2 Å². The van der Waals surface area contributed by atoms with E-state index in [1.807, 2.05) is 36.4 Å². The van der Waals surface area contributed by atoms with E-state index < -0.39 is 0 Å². The first-order valence-electron chi connectivity index (χ1n) is 35.9. The van der Waals surface area contributed by atoms with Crippen LogP contribution in [0.25, 0.3) is 189 Å². The molecule has 21 rings (SSSR count). The molecule has 0 saturated heterocycles. The van der Waals surface area contributed by atoms with Gasteiger partial charge in [-0.05, 0) is 318 Å². The molecule has 0 spiro atoms. The molecule has 2 heterocycles. The van der Waals surface area contributed by atoms with Gasteiger partial charge in [0.25, 0.3) is 23.6 Å². The molecule has 0 radical (unpaired) electrons. The Labute approximate surface area is 589 Å². The number of rotatable bonds is 8. The fourth-order valence-electron chi connectivity index (χ4n) is 19.0. The minimum absolute atomic E-state index is 0.0604. The van der Waals surface area contributed by atoms with Gasteiger partial charge in [-0.1, -0.05) is 178 Å². The number of imide groups is 2. The van der Waals surface area contributed by atoms with Crippen LogP contribution >= 0.6 is 0 Å². The van der Waals surface area contributed by atoms with E-state index in [1.54, 1.807) is 0 Å². The van der Waals surface area contributed by atoms with Crippen LogP contribution < -0.4 is 9.80 Å². The lowest BCUT2D eigenvalue weighted by atomic mass is 9.83. The van der Waals surface area contributed by atoms with Crippen LogP contribution in [0.1, 0.15) is 176 Å². The summed E-state index contributed by atoms with van der Waals surface area (Å²) >= 11 is 0. The zero-order valence-corrected chi connectivity index (χ0v) is 57.9. The Hall–Kier alpha value is -12.1. The molecule has 0 fully saturated rings. The van der Waals surface area contributed by atoms with E-state index in [-0.39, 0.29) is 47.3 Å². The minimum atomic E-state index is -0.289. The van der Waals surface area contributed by atoms with Gasteiger partial charge < -0.3 is 0 Å². The maximum absolute atomic E-state index is 15.1. The number of carbonyl (C=O) groups excluding carboxylic acids is 4. The first-order valence-corrected chi connectivity index (χ1v) is 35.9. The lowest BCUT2D eigenvalue weighted by Gasteiger charge is -2.33. The van der Waals surface area contributed by atoms with Crippen LogP contribution in [0.4, 0.5) is 11.4 Å². The Bertz CT molecular complexity index is 6100. The third-order valence-corrected chi connectivity index (χ3v) is 23.7. The molecule has 6 heteroatoms. The summed E-state index contributed by atoms with van der Waals surface area (Å²) in [6.45, 7) is 25.1. The van der Waals surface area contributed by atoms with Crippen LogP contribution in [0.15, 0.2) is 183 Å². The summed E-state index contributed by atoms with van der Waals surface area (Å²) in [6, 6.07) is 61.7. The minimum Gasteiger partial charge on any atom is -0.268 e. The molecule has 6 nitrogen and oxygen atoms in total. The van der Waals surface area contributed by atoms with Gasteiger partial charge in [-0.15, -0.1) is 0 Å². The van der Waals surface area contributed by atoms with Crippen LogP contribution in [0.3, 0.4) is 0 Å². The third-order valence-electron chi connectivity index (χ3n) is 23.7. The fraction of sp³-hybridized carbons (Fsp3) is 0.125. The molecule has 16 aromatic rings. The van der Waals surface area contributed by atoms with E-state index in [9.17, 15) is 0 Å². The molecule has 102 heavy (non-hydrogen) atoms. The highest BCUT2D eigenvalue weighted by Gasteiger charge is 2.41. The smallest absolute Gasteiger partial charge is 0.266 e. The highest BCUT2D eigenvalue weighted by Crippen LogP contribution is 2.57. The fourth-order valence-corrected chi connectivity index (χ4v) is 19.0. The third kappa shape index (κ3) is 7.48. The van der Waals surface area contributed by atoms with Crippen LogP contribution in [-0.4, -0.2) is 23.6 Å². The van der Waals surface area contributed by atoms with Crippen molar-refractivity contribution >= 4 is 179 Å². The molecule has 5 aliphatic rings. The van der Waals surface area contributed by atoms with Crippen LogP contribution in [0.2, 0.25) is 0 Å². The summed E-state index contributed by atoms with van der Waals surface area (Å²) in [6.07, 6.45) is 12.8. The quantitative estimate of drug-likeness (QED) is 0.0863. The van der Waals surface area contributed by atoms with Crippen molar-refractivity contribution in [2.75, 3.05) is 9.80 Å². The van der Waals surface area contributed by atoms with Gasteiger partial charge in [0.15, 0.2) is 0 Å². The molecule has 0 aromatic heterocycles. The Kier molecular flexibility index (Phi) is 11.7. The number of carbonyl (C=O) groups is 4. The van der Waals surface area contributed by atoms with Gasteiger partial charge in [0, 0.05) is 33.0 Å². The normalized spacial score (nSPS) is 14.3. The molecule has 0 unspecified atom stereocenters. The molecule has 0 saturated carbocycles. The van der Waals surface area contributed by atoms with Gasteiger partial charge in [-0.2, -0.15) is 0 Å². The highest BCUT2D eigenvalue weighted by atomic mass is 16.2. The van der Waals surface area contributed by atoms with E-state index in [0.717, 1.165) is 120 Å². The zero-order valence-electron chi connectivity index (χ0n) is 57.9. The second-order valence-electron chi connectivity index (χ2n) is 30.4. The van der Waals surface area contributed by atoms with E-state index >= 15 is 19.2 Å². The summed E-state index contributed by atoms with van der Waals surface area (Å²) in [5, 5.41) is 21.6. The van der Waals surface area contributed by atoms with Crippen molar-refractivity contribution in [3.05, 3.63) is 261 Å². The van der Waals surface area contributed by atoms with E-state index in [0.29, 0.717) is 33.6 Å². The number of hydrogen-bond acceptors (Lipinski definition) is 4. The lowest BCUT2D eigenvalue weighted by molar-refractivity contribution is 0.0877. The highest BCUT2D eigenvalue weighted by molar-refractivity contribution is 6.46. The van der Waals surface area contributed by atoms with Gasteiger partial charge in [0.2, 0.25) is 0 Å². The van der Waals surface area contributed by atoms with Crippen molar-refractivity contribution in [1.29, 1.82) is 0 Å². The summed E-state index contributed by atoms with van der Waals surface area (Å²) in [7, 11) is 0. The van der Waals surface area contributed by atoms with Crippen LogP contribution in [0.5, 0.6) is 0 Å². The van der Waals surface area contributed by atoms with Crippen LogP contribution in [-0.2, 0) is 0 Å². The van der Waals surface area contributed by atoms with Crippen molar-refractivity contribution in [2.24, 2.45) is 0 Å². The first kappa shape index (κ1) is 58.8. The monoisotopic (exact) mass is 1310 g/mol. The summed E-state index contributed by atoms with van der Waals surface area (Å²) in [5.74, 6) is -0.915. The molecule has 0 atom stereocenters. The van der Waals surface area contributed by atoms with E-state index in [4.69, 9.17) is 0 Å². The predicted molar refractivity (Wildman–Crippen MR) is 429 cm³/mol.